The molecule has 0 bridgehead atoms. The van der Waals surface area contributed by atoms with E-state index in [1.165, 1.54) is 83.5 Å². The lowest BCUT2D eigenvalue weighted by molar-refractivity contribution is -0.157. The van der Waals surface area contributed by atoms with E-state index in [1.54, 1.807) is 0 Å². The molecular weight excluding hydrogens is 368 g/mol. The smallest absolute Gasteiger partial charge is 0.309 e. The number of unbranched alkanes of at least 4 members (excludes halogenated alkanes) is 2. The summed E-state index contributed by atoms with van der Waals surface area (Å²) < 4.78 is 6.01. The van der Waals surface area contributed by atoms with Gasteiger partial charge in [-0.05, 0) is 93.8 Å². The normalized spacial score (nSPS) is 37.6. The van der Waals surface area contributed by atoms with Gasteiger partial charge in [-0.2, -0.15) is 0 Å². The minimum atomic E-state index is 0.141. The highest BCUT2D eigenvalue weighted by Gasteiger charge is 2.37. The number of hydrogen-bond acceptors (Lipinski definition) is 2. The van der Waals surface area contributed by atoms with Crippen LogP contribution in [-0.2, 0) is 9.53 Å². The maximum absolute atomic E-state index is 12.8. The molecule has 0 saturated heterocycles. The van der Waals surface area contributed by atoms with Crippen molar-refractivity contribution in [2.45, 2.75) is 136 Å². The molecule has 0 aromatic carbocycles. The van der Waals surface area contributed by atoms with Crippen LogP contribution in [0.3, 0.4) is 0 Å². The molecule has 0 heterocycles. The van der Waals surface area contributed by atoms with Crippen molar-refractivity contribution in [3.05, 3.63) is 0 Å². The number of carbonyl (C=O) groups is 1. The fraction of sp³-hybridized carbons (Fsp3) is 0.964. The van der Waals surface area contributed by atoms with Crippen molar-refractivity contribution < 1.29 is 9.53 Å². The van der Waals surface area contributed by atoms with E-state index in [1.807, 2.05) is 0 Å². The molecule has 3 rings (SSSR count). The van der Waals surface area contributed by atoms with Gasteiger partial charge in [0.05, 0.1) is 5.92 Å². The molecule has 3 atom stereocenters. The van der Waals surface area contributed by atoms with Crippen LogP contribution in [0, 0.1) is 35.5 Å². The lowest BCUT2D eigenvalue weighted by atomic mass is 9.64. The Morgan fingerprint density at radius 3 is 2.10 bits per heavy atom. The minimum absolute atomic E-state index is 0.141. The van der Waals surface area contributed by atoms with Crippen molar-refractivity contribution in [3.8, 4) is 0 Å². The molecule has 2 heteroatoms. The van der Waals surface area contributed by atoms with Gasteiger partial charge in [-0.1, -0.05) is 65.7 Å². The first kappa shape index (κ1) is 24.1. The first-order valence-electron chi connectivity index (χ1n) is 13.8. The molecule has 0 aromatic heterocycles. The van der Waals surface area contributed by atoms with Crippen LogP contribution in [0.25, 0.3) is 0 Å². The summed E-state index contributed by atoms with van der Waals surface area (Å²) in [4.78, 5) is 12.8. The van der Waals surface area contributed by atoms with Gasteiger partial charge < -0.3 is 4.74 Å². The predicted molar refractivity (Wildman–Crippen MR) is 126 cm³/mol. The molecular formula is C28H50O2. The summed E-state index contributed by atoms with van der Waals surface area (Å²) in [5.41, 5.74) is 0. The van der Waals surface area contributed by atoms with Crippen molar-refractivity contribution in [1.82, 2.24) is 0 Å². The first-order chi connectivity index (χ1) is 14.6. The van der Waals surface area contributed by atoms with Gasteiger partial charge in [0, 0.05) is 0 Å². The molecule has 0 radical (unpaired) electrons. The number of ether oxygens (including phenoxy) is 1. The summed E-state index contributed by atoms with van der Waals surface area (Å²) in [6, 6.07) is 0. The Labute approximate surface area is 187 Å². The molecule has 174 valence electrons. The van der Waals surface area contributed by atoms with E-state index in [0.29, 0.717) is 0 Å². The van der Waals surface area contributed by atoms with E-state index in [9.17, 15) is 4.79 Å². The van der Waals surface area contributed by atoms with Crippen LogP contribution in [0.15, 0.2) is 0 Å². The summed E-state index contributed by atoms with van der Waals surface area (Å²) in [6.07, 6.45) is 22.2. The molecule has 2 nitrogen and oxygen atoms in total. The zero-order chi connectivity index (χ0) is 21.3. The highest BCUT2D eigenvalue weighted by atomic mass is 16.5. The third-order valence-electron chi connectivity index (χ3n) is 9.04. The van der Waals surface area contributed by atoms with E-state index in [-0.39, 0.29) is 18.0 Å². The minimum Gasteiger partial charge on any atom is -0.462 e. The van der Waals surface area contributed by atoms with Crippen LogP contribution in [0.4, 0.5) is 0 Å². The van der Waals surface area contributed by atoms with Gasteiger partial charge >= 0.3 is 5.97 Å². The standard InChI is InChI=1S/C28H50O2/c1-4-6-7-9-22-10-17-26(18-11-22)30-28(29)25-15-13-24(14-16-25)27-19-12-23(8-5-2)20-21(27)3/h21-27H,4-20H2,1-3H3/t21?,22-,23?,24-,25-,26-,27?. The second kappa shape index (κ2) is 12.5. The molecule has 3 unspecified atom stereocenters. The Hall–Kier alpha value is -0.530. The zero-order valence-electron chi connectivity index (χ0n) is 20.4. The quantitative estimate of drug-likeness (QED) is 0.278. The van der Waals surface area contributed by atoms with Gasteiger partial charge in [-0.3, -0.25) is 4.79 Å². The molecule has 0 aliphatic heterocycles. The fourth-order valence-corrected chi connectivity index (χ4v) is 7.17. The first-order valence-corrected chi connectivity index (χ1v) is 13.8. The summed E-state index contributed by atoms with van der Waals surface area (Å²) >= 11 is 0. The van der Waals surface area contributed by atoms with E-state index in [2.05, 4.69) is 20.8 Å². The van der Waals surface area contributed by atoms with Crippen molar-refractivity contribution in [2.75, 3.05) is 0 Å². The summed E-state index contributed by atoms with van der Waals surface area (Å²) in [7, 11) is 0. The number of carbonyl (C=O) groups excluding carboxylic acids is 1. The molecule has 0 spiro atoms. The Morgan fingerprint density at radius 2 is 1.47 bits per heavy atom. The summed E-state index contributed by atoms with van der Waals surface area (Å²) in [5, 5.41) is 0. The zero-order valence-corrected chi connectivity index (χ0v) is 20.4. The van der Waals surface area contributed by atoms with Gasteiger partial charge in [0.25, 0.3) is 0 Å². The van der Waals surface area contributed by atoms with Crippen molar-refractivity contribution in [2.24, 2.45) is 35.5 Å². The molecule has 0 amide bonds. The molecule has 3 aliphatic carbocycles. The number of rotatable bonds is 9. The molecule has 30 heavy (non-hydrogen) atoms. The number of hydrogen-bond donors (Lipinski definition) is 0. The fourth-order valence-electron chi connectivity index (χ4n) is 7.17. The highest BCUT2D eigenvalue weighted by Crippen LogP contribution is 2.45. The van der Waals surface area contributed by atoms with Crippen LogP contribution in [0.2, 0.25) is 0 Å². The monoisotopic (exact) mass is 418 g/mol. The van der Waals surface area contributed by atoms with Gasteiger partial charge in [0.1, 0.15) is 6.10 Å². The lowest BCUT2D eigenvalue weighted by Gasteiger charge is -2.41. The van der Waals surface area contributed by atoms with Crippen molar-refractivity contribution in [3.63, 3.8) is 0 Å². The highest BCUT2D eigenvalue weighted by molar-refractivity contribution is 5.72. The number of esters is 1. The van der Waals surface area contributed by atoms with Crippen LogP contribution < -0.4 is 0 Å². The third-order valence-corrected chi connectivity index (χ3v) is 9.04. The molecule has 3 fully saturated rings. The van der Waals surface area contributed by atoms with Crippen molar-refractivity contribution >= 4 is 5.97 Å². The molecule has 0 aromatic rings. The Balaban J connectivity index is 1.34. The van der Waals surface area contributed by atoms with Gasteiger partial charge in [0.15, 0.2) is 0 Å². The molecule has 3 saturated carbocycles. The molecule has 3 aliphatic rings. The maximum Gasteiger partial charge on any atom is 0.309 e. The topological polar surface area (TPSA) is 26.3 Å². The predicted octanol–water partition coefficient (Wildman–Crippen LogP) is 8.33. The van der Waals surface area contributed by atoms with Gasteiger partial charge in [0.2, 0.25) is 0 Å². The average Bonchev–Trinajstić information content (AvgIpc) is 2.76. The van der Waals surface area contributed by atoms with E-state index < -0.39 is 0 Å². The second-order valence-corrected chi connectivity index (χ2v) is 11.3. The average molecular weight is 419 g/mol. The van der Waals surface area contributed by atoms with Crippen LogP contribution >= 0.6 is 0 Å². The van der Waals surface area contributed by atoms with Crippen LogP contribution in [-0.4, -0.2) is 12.1 Å². The van der Waals surface area contributed by atoms with Gasteiger partial charge in [-0.25, -0.2) is 0 Å². The van der Waals surface area contributed by atoms with Crippen LogP contribution in [0.5, 0.6) is 0 Å². The van der Waals surface area contributed by atoms with Gasteiger partial charge in [-0.15, -0.1) is 0 Å². The Morgan fingerprint density at radius 1 is 0.767 bits per heavy atom. The van der Waals surface area contributed by atoms with E-state index in [4.69, 9.17) is 4.74 Å². The van der Waals surface area contributed by atoms with E-state index in [0.717, 1.165) is 55.3 Å². The lowest BCUT2D eigenvalue weighted by Crippen LogP contribution is -2.34. The Kier molecular flexibility index (Phi) is 10.0. The summed E-state index contributed by atoms with van der Waals surface area (Å²) in [6.45, 7) is 7.12. The Bertz CT molecular complexity index is 485. The van der Waals surface area contributed by atoms with Crippen molar-refractivity contribution in [1.29, 1.82) is 0 Å². The third kappa shape index (κ3) is 6.99. The second-order valence-electron chi connectivity index (χ2n) is 11.3. The van der Waals surface area contributed by atoms with Crippen LogP contribution in [0.1, 0.15) is 130 Å². The molecule has 0 N–H and O–H groups in total. The largest absolute Gasteiger partial charge is 0.462 e. The maximum atomic E-state index is 12.8. The van der Waals surface area contributed by atoms with E-state index >= 15 is 0 Å². The SMILES string of the molecule is CCCCC[C@H]1CC[C@H](OC(=O)[C@H]2CC[C@H](C3CCC(CCC)CC3C)CC2)CC1. The summed E-state index contributed by atoms with van der Waals surface area (Å²) in [5.74, 6) is 4.86.